The Morgan fingerprint density at radius 2 is 1.89 bits per heavy atom. The van der Waals surface area contributed by atoms with Gasteiger partial charge in [-0.25, -0.2) is 0 Å². The van der Waals surface area contributed by atoms with Crippen LogP contribution in [0.5, 0.6) is 11.5 Å². The van der Waals surface area contributed by atoms with E-state index in [9.17, 15) is 0 Å². The zero-order valence-electron chi connectivity index (χ0n) is 11.6. The Hall–Kier alpha value is -1.22. The summed E-state index contributed by atoms with van der Waals surface area (Å²) in [4.78, 5) is 0. The number of aryl methyl sites for hydroxylation is 1. The van der Waals surface area contributed by atoms with E-state index in [1.54, 1.807) is 14.2 Å². The summed E-state index contributed by atoms with van der Waals surface area (Å²) in [7, 11) is 3.43. The Morgan fingerprint density at radius 1 is 1.17 bits per heavy atom. The predicted octanol–water partition coefficient (Wildman–Crippen LogP) is 2.55. The molecule has 1 N–H and O–H groups in total. The quantitative estimate of drug-likeness (QED) is 0.889. The minimum atomic E-state index is 0.771. The van der Waals surface area contributed by atoms with Crippen LogP contribution >= 0.6 is 0 Å². The number of benzene rings is 1. The van der Waals surface area contributed by atoms with Gasteiger partial charge in [0.05, 0.1) is 14.2 Å². The molecule has 0 bridgehead atoms. The molecule has 0 aliphatic carbocycles. The number of piperidine rings is 1. The maximum absolute atomic E-state index is 5.51. The monoisotopic (exact) mass is 249 g/mol. The van der Waals surface area contributed by atoms with Crippen molar-refractivity contribution >= 4 is 0 Å². The first-order valence-electron chi connectivity index (χ1n) is 6.66. The lowest BCUT2D eigenvalue weighted by molar-refractivity contribution is 0.357. The van der Waals surface area contributed by atoms with Crippen molar-refractivity contribution in [2.45, 2.75) is 26.2 Å². The van der Waals surface area contributed by atoms with E-state index in [1.807, 2.05) is 6.07 Å². The molecule has 0 aromatic heterocycles. The summed E-state index contributed by atoms with van der Waals surface area (Å²) in [5, 5.41) is 3.41. The van der Waals surface area contributed by atoms with Gasteiger partial charge in [0.25, 0.3) is 0 Å². The van der Waals surface area contributed by atoms with E-state index < -0.39 is 0 Å². The van der Waals surface area contributed by atoms with Crippen LogP contribution in [0.1, 0.15) is 24.0 Å². The molecule has 0 amide bonds. The van der Waals surface area contributed by atoms with Crippen molar-refractivity contribution in [1.29, 1.82) is 0 Å². The number of rotatable bonds is 4. The summed E-state index contributed by atoms with van der Waals surface area (Å²) in [6.45, 7) is 4.42. The second-order valence-electron chi connectivity index (χ2n) is 5.02. The minimum absolute atomic E-state index is 0.771. The molecule has 3 nitrogen and oxygen atoms in total. The van der Waals surface area contributed by atoms with E-state index in [1.165, 1.54) is 24.0 Å². The van der Waals surface area contributed by atoms with E-state index in [2.05, 4.69) is 18.3 Å². The van der Waals surface area contributed by atoms with E-state index >= 15 is 0 Å². The Kier molecular flexibility index (Phi) is 4.48. The van der Waals surface area contributed by atoms with Crippen LogP contribution in [-0.2, 0) is 6.42 Å². The van der Waals surface area contributed by atoms with Crippen LogP contribution in [0.4, 0.5) is 0 Å². The molecule has 18 heavy (non-hydrogen) atoms. The van der Waals surface area contributed by atoms with Gasteiger partial charge in [-0.05, 0) is 62.4 Å². The molecule has 2 rings (SSSR count). The van der Waals surface area contributed by atoms with Gasteiger partial charge in [-0.15, -0.1) is 0 Å². The number of hydrogen-bond acceptors (Lipinski definition) is 3. The van der Waals surface area contributed by atoms with E-state index in [-0.39, 0.29) is 0 Å². The van der Waals surface area contributed by atoms with Gasteiger partial charge in [0, 0.05) is 6.07 Å². The Bertz CT molecular complexity index is 398. The molecular weight excluding hydrogens is 226 g/mol. The summed E-state index contributed by atoms with van der Waals surface area (Å²) in [5.74, 6) is 2.61. The summed E-state index contributed by atoms with van der Waals surface area (Å²) in [6, 6.07) is 4.09. The topological polar surface area (TPSA) is 30.5 Å². The van der Waals surface area contributed by atoms with Crippen molar-refractivity contribution < 1.29 is 9.47 Å². The van der Waals surface area contributed by atoms with Gasteiger partial charge in [0.2, 0.25) is 0 Å². The van der Waals surface area contributed by atoms with Crippen LogP contribution in [0, 0.1) is 12.8 Å². The van der Waals surface area contributed by atoms with Crippen LogP contribution < -0.4 is 14.8 Å². The number of methoxy groups -OCH3 is 2. The molecule has 100 valence electrons. The Balaban J connectivity index is 2.19. The molecule has 1 aliphatic rings. The third-order valence-corrected chi connectivity index (χ3v) is 3.81. The first-order chi connectivity index (χ1) is 8.74. The third kappa shape index (κ3) is 2.96. The van der Waals surface area contributed by atoms with Crippen molar-refractivity contribution in [3.8, 4) is 11.5 Å². The van der Waals surface area contributed by atoms with Crippen LogP contribution in [0.3, 0.4) is 0 Å². The summed E-state index contributed by atoms with van der Waals surface area (Å²) in [5.41, 5.74) is 2.61. The lowest BCUT2D eigenvalue weighted by atomic mass is 9.89. The molecule has 1 aliphatic heterocycles. The smallest absolute Gasteiger partial charge is 0.126 e. The van der Waals surface area contributed by atoms with Crippen LogP contribution in [-0.4, -0.2) is 27.3 Å². The maximum atomic E-state index is 5.51. The molecule has 1 heterocycles. The average Bonchev–Trinajstić information content (AvgIpc) is 2.42. The van der Waals surface area contributed by atoms with E-state index in [4.69, 9.17) is 9.47 Å². The van der Waals surface area contributed by atoms with Gasteiger partial charge in [0.15, 0.2) is 0 Å². The second kappa shape index (κ2) is 6.10. The van der Waals surface area contributed by atoms with Gasteiger partial charge in [-0.1, -0.05) is 0 Å². The highest BCUT2D eigenvalue weighted by Crippen LogP contribution is 2.31. The van der Waals surface area contributed by atoms with Gasteiger partial charge in [0.1, 0.15) is 11.5 Å². The average molecular weight is 249 g/mol. The Morgan fingerprint density at radius 3 is 2.50 bits per heavy atom. The molecule has 1 saturated heterocycles. The summed E-state index contributed by atoms with van der Waals surface area (Å²) >= 11 is 0. The molecule has 1 aromatic rings. The molecule has 0 atom stereocenters. The van der Waals surface area contributed by atoms with E-state index in [0.29, 0.717) is 0 Å². The molecule has 0 unspecified atom stereocenters. The zero-order chi connectivity index (χ0) is 13.0. The lowest BCUT2D eigenvalue weighted by Crippen LogP contribution is -2.28. The predicted molar refractivity (Wildman–Crippen MR) is 73.6 cm³/mol. The summed E-state index contributed by atoms with van der Waals surface area (Å²) in [6.07, 6.45) is 3.63. The fraction of sp³-hybridized carbons (Fsp3) is 0.600. The molecule has 0 saturated carbocycles. The number of nitrogens with one attached hydrogen (secondary N) is 1. The van der Waals surface area contributed by atoms with Crippen molar-refractivity contribution in [2.24, 2.45) is 5.92 Å². The highest BCUT2D eigenvalue weighted by molar-refractivity contribution is 5.46. The standard InChI is InChI=1S/C15H23NO2/c1-11-8-13(17-2)10-15(18-3)14(11)9-12-4-6-16-7-5-12/h8,10,12,16H,4-7,9H2,1-3H3. The molecule has 1 aromatic carbocycles. The first-order valence-corrected chi connectivity index (χ1v) is 6.66. The minimum Gasteiger partial charge on any atom is -0.497 e. The molecule has 1 fully saturated rings. The molecule has 0 radical (unpaired) electrons. The van der Waals surface area contributed by atoms with Gasteiger partial charge < -0.3 is 14.8 Å². The van der Waals surface area contributed by atoms with Crippen molar-refractivity contribution in [2.75, 3.05) is 27.3 Å². The highest BCUT2D eigenvalue weighted by atomic mass is 16.5. The molecule has 0 spiro atoms. The van der Waals surface area contributed by atoms with Crippen LogP contribution in [0.25, 0.3) is 0 Å². The van der Waals surface area contributed by atoms with Crippen molar-refractivity contribution in [3.05, 3.63) is 23.3 Å². The van der Waals surface area contributed by atoms with Crippen molar-refractivity contribution in [3.63, 3.8) is 0 Å². The van der Waals surface area contributed by atoms with Gasteiger partial charge in [-0.2, -0.15) is 0 Å². The summed E-state index contributed by atoms with van der Waals surface area (Å²) < 4.78 is 10.8. The first kappa shape index (κ1) is 13.2. The molecular formula is C15H23NO2. The number of ether oxygens (including phenoxy) is 2. The van der Waals surface area contributed by atoms with Gasteiger partial charge >= 0.3 is 0 Å². The fourth-order valence-corrected chi connectivity index (χ4v) is 2.69. The van der Waals surface area contributed by atoms with Crippen LogP contribution in [0.15, 0.2) is 12.1 Å². The zero-order valence-corrected chi connectivity index (χ0v) is 11.6. The third-order valence-electron chi connectivity index (χ3n) is 3.81. The van der Waals surface area contributed by atoms with E-state index in [0.717, 1.165) is 36.9 Å². The molecule has 3 heteroatoms. The van der Waals surface area contributed by atoms with Crippen molar-refractivity contribution in [1.82, 2.24) is 5.32 Å². The fourth-order valence-electron chi connectivity index (χ4n) is 2.69. The normalized spacial score (nSPS) is 16.6. The van der Waals surface area contributed by atoms with Gasteiger partial charge in [-0.3, -0.25) is 0 Å². The maximum Gasteiger partial charge on any atom is 0.126 e. The highest BCUT2D eigenvalue weighted by Gasteiger charge is 2.17. The SMILES string of the molecule is COc1cc(C)c(CC2CCNCC2)c(OC)c1. The lowest BCUT2D eigenvalue weighted by Gasteiger charge is -2.24. The second-order valence-corrected chi connectivity index (χ2v) is 5.02. The largest absolute Gasteiger partial charge is 0.497 e. The number of hydrogen-bond donors (Lipinski definition) is 1. The van der Waals surface area contributed by atoms with Crippen LogP contribution in [0.2, 0.25) is 0 Å². The Labute approximate surface area is 109 Å².